The maximum atomic E-state index is 9.76. The average molecular weight is 574 g/mol. The van der Waals surface area contributed by atoms with Crippen molar-refractivity contribution in [2.75, 3.05) is 25.4 Å². The van der Waals surface area contributed by atoms with Gasteiger partial charge >= 0.3 is 5.97 Å². The van der Waals surface area contributed by atoms with Gasteiger partial charge in [0.1, 0.15) is 6.61 Å². The number of nitrogens with zero attached hydrogens (tertiary/aromatic N) is 1. The normalized spacial score (nSPS) is 15.2. The van der Waals surface area contributed by atoms with Crippen LogP contribution in [-0.4, -0.2) is 41.4 Å². The number of hydrogen-bond donors (Lipinski definition) is 1. The van der Waals surface area contributed by atoms with E-state index in [-0.39, 0.29) is 0 Å². The molecule has 1 heterocycles. The Hall–Kier alpha value is -3.18. The van der Waals surface area contributed by atoms with Crippen LogP contribution in [-0.2, 0) is 16.0 Å². The molecule has 1 saturated carbocycles. The Morgan fingerprint density at radius 1 is 0.976 bits per heavy atom. The van der Waals surface area contributed by atoms with Crippen molar-refractivity contribution in [1.29, 1.82) is 0 Å². The van der Waals surface area contributed by atoms with E-state index in [0.29, 0.717) is 6.42 Å². The van der Waals surface area contributed by atoms with Crippen LogP contribution < -0.4 is 0 Å². The molecule has 2 aliphatic rings. The molecule has 1 aliphatic carbocycles. The lowest BCUT2D eigenvalue weighted by Gasteiger charge is -2.26. The summed E-state index contributed by atoms with van der Waals surface area (Å²) >= 11 is 1.97. The second kappa shape index (κ2) is 19.0. The van der Waals surface area contributed by atoms with Crippen molar-refractivity contribution >= 4 is 17.7 Å². The fourth-order valence-electron chi connectivity index (χ4n) is 4.68. The third kappa shape index (κ3) is 12.5. The van der Waals surface area contributed by atoms with Crippen molar-refractivity contribution in [2.45, 2.75) is 76.0 Å². The minimum Gasteiger partial charge on any atom is -0.481 e. The van der Waals surface area contributed by atoms with Gasteiger partial charge < -0.3 is 14.7 Å². The zero-order valence-corrected chi connectivity index (χ0v) is 25.7. The van der Waals surface area contributed by atoms with Gasteiger partial charge in [0.05, 0.1) is 6.54 Å². The number of rotatable bonds is 11. The van der Waals surface area contributed by atoms with Crippen LogP contribution in [0.2, 0.25) is 0 Å². The molecule has 0 amide bonds. The van der Waals surface area contributed by atoms with Crippen LogP contribution in [0.3, 0.4) is 0 Å². The summed E-state index contributed by atoms with van der Waals surface area (Å²) in [5.41, 5.74) is 4.28. The maximum Gasteiger partial charge on any atom is 0.303 e. The molecule has 1 saturated heterocycles. The molecule has 0 spiro atoms. The molecule has 4 nitrogen and oxygen atoms in total. The van der Waals surface area contributed by atoms with E-state index in [2.05, 4.69) is 103 Å². The van der Waals surface area contributed by atoms with Gasteiger partial charge in [-0.1, -0.05) is 99.5 Å². The van der Waals surface area contributed by atoms with Crippen LogP contribution in [0.5, 0.6) is 0 Å². The quantitative estimate of drug-likeness (QED) is 0.232. The highest BCUT2D eigenvalue weighted by Gasteiger charge is 2.20. The van der Waals surface area contributed by atoms with Crippen LogP contribution in [0.4, 0.5) is 0 Å². The number of carboxylic acid groups (broad SMARTS) is 1. The lowest BCUT2D eigenvalue weighted by atomic mass is 9.80. The molecule has 5 heteroatoms. The molecule has 0 aromatic heterocycles. The summed E-state index contributed by atoms with van der Waals surface area (Å²) in [6.45, 7) is 7.09. The summed E-state index contributed by atoms with van der Waals surface area (Å²) in [7, 11) is 0. The first-order valence-electron chi connectivity index (χ1n) is 15.2. The summed E-state index contributed by atoms with van der Waals surface area (Å²) < 4.78 is 5.66. The number of thioether (sulfide) groups is 1. The van der Waals surface area contributed by atoms with Crippen molar-refractivity contribution in [3.8, 4) is 0 Å². The Balaban J connectivity index is 0.000000196. The zero-order chi connectivity index (χ0) is 29.1. The maximum absolute atomic E-state index is 9.76. The van der Waals surface area contributed by atoms with Crippen LogP contribution in [0.25, 0.3) is 0 Å². The number of unbranched alkanes of at least 4 members (excludes halogenated alkanes) is 1. The highest BCUT2D eigenvalue weighted by Crippen LogP contribution is 2.37. The Bertz CT molecular complexity index is 1120. The van der Waals surface area contributed by atoms with Gasteiger partial charge in [0, 0.05) is 23.6 Å². The highest BCUT2D eigenvalue weighted by atomic mass is 32.2. The number of carboxylic acids is 1. The van der Waals surface area contributed by atoms with Gasteiger partial charge in [0.2, 0.25) is 0 Å². The van der Waals surface area contributed by atoms with Gasteiger partial charge in [-0.25, -0.2) is 0 Å². The SMILES string of the molecule is CC/C=C1/OCCN1CCSc1cccc(C2CCC2)c1.CCCCC(=O)O.c1ccc(Cc2ccccc2)cc1. The van der Waals surface area contributed by atoms with Crippen molar-refractivity contribution in [3.05, 3.63) is 114 Å². The fraction of sp³-hybridized carbons (Fsp3) is 0.417. The molecule has 0 radical (unpaired) electrons. The topological polar surface area (TPSA) is 49.8 Å². The third-order valence-corrected chi connectivity index (χ3v) is 8.18. The van der Waals surface area contributed by atoms with E-state index >= 15 is 0 Å². The summed E-state index contributed by atoms with van der Waals surface area (Å²) in [4.78, 5) is 13.5. The van der Waals surface area contributed by atoms with Crippen LogP contribution >= 0.6 is 11.8 Å². The van der Waals surface area contributed by atoms with Crippen molar-refractivity contribution in [2.24, 2.45) is 0 Å². The third-order valence-electron chi connectivity index (χ3n) is 7.20. The Kier molecular flexibility index (Phi) is 15.0. The van der Waals surface area contributed by atoms with Gasteiger partial charge in [-0.05, 0) is 72.9 Å². The van der Waals surface area contributed by atoms with Gasteiger partial charge in [0.25, 0.3) is 0 Å². The largest absolute Gasteiger partial charge is 0.481 e. The first-order chi connectivity index (χ1) is 20.1. The molecule has 0 unspecified atom stereocenters. The molecule has 0 atom stereocenters. The van der Waals surface area contributed by atoms with E-state index in [1.807, 2.05) is 18.7 Å². The molecule has 220 valence electrons. The summed E-state index contributed by atoms with van der Waals surface area (Å²) in [6, 6.07) is 30.2. The molecule has 3 aromatic rings. The van der Waals surface area contributed by atoms with Gasteiger partial charge in [-0.2, -0.15) is 0 Å². The predicted octanol–water partition coefficient (Wildman–Crippen LogP) is 9.17. The van der Waals surface area contributed by atoms with Gasteiger partial charge in [-0.15, -0.1) is 11.8 Å². The summed E-state index contributed by atoms with van der Waals surface area (Å²) in [5.74, 6) is 2.35. The average Bonchev–Trinajstić information content (AvgIpc) is 3.40. The van der Waals surface area contributed by atoms with E-state index in [0.717, 1.165) is 62.9 Å². The number of allylic oxidation sites excluding steroid dienone is 1. The lowest BCUT2D eigenvalue weighted by Crippen LogP contribution is -2.21. The Labute approximate surface area is 251 Å². The molecule has 1 N–H and O–H groups in total. The summed E-state index contributed by atoms with van der Waals surface area (Å²) in [5, 5.41) is 8.04. The minimum absolute atomic E-state index is 0.316. The fourth-order valence-corrected chi connectivity index (χ4v) is 5.62. The molecular formula is C36H47NO3S. The molecule has 3 aromatic carbocycles. The zero-order valence-electron chi connectivity index (χ0n) is 24.8. The molecule has 2 fully saturated rings. The van der Waals surface area contributed by atoms with Gasteiger partial charge in [0.15, 0.2) is 5.88 Å². The Morgan fingerprint density at radius 3 is 2.20 bits per heavy atom. The van der Waals surface area contributed by atoms with E-state index in [1.165, 1.54) is 35.3 Å². The predicted molar refractivity (Wildman–Crippen MR) is 173 cm³/mol. The van der Waals surface area contributed by atoms with E-state index < -0.39 is 5.97 Å². The van der Waals surface area contributed by atoms with Crippen LogP contribution in [0.15, 0.2) is 102 Å². The van der Waals surface area contributed by atoms with E-state index in [9.17, 15) is 4.79 Å². The standard InChI is InChI=1S/C18H25NOS.C13H12.C5H10O2/c1-2-5-18-19(10-12-20-18)11-13-21-17-9-4-8-16(14-17)15-6-3-7-15;1-3-7-12(8-4-1)11-13-9-5-2-6-10-13;1-2-3-4-5(6)7/h4-5,8-9,14-15H,2-3,6-7,10-13H2,1H3;1-10H,11H2;2-4H2,1H3,(H,6,7)/b18-5+;;. The minimum atomic E-state index is -0.693. The molecular weight excluding hydrogens is 526 g/mol. The number of hydrogen-bond acceptors (Lipinski definition) is 4. The monoisotopic (exact) mass is 573 g/mol. The lowest BCUT2D eigenvalue weighted by molar-refractivity contribution is -0.137. The van der Waals surface area contributed by atoms with Gasteiger partial charge in [-0.3, -0.25) is 4.79 Å². The van der Waals surface area contributed by atoms with Crippen molar-refractivity contribution < 1.29 is 14.6 Å². The molecule has 41 heavy (non-hydrogen) atoms. The number of ether oxygens (including phenoxy) is 1. The van der Waals surface area contributed by atoms with Crippen molar-refractivity contribution in [1.82, 2.24) is 4.90 Å². The molecule has 1 aliphatic heterocycles. The smallest absolute Gasteiger partial charge is 0.303 e. The second-order valence-corrected chi connectivity index (χ2v) is 11.6. The van der Waals surface area contributed by atoms with Crippen LogP contribution in [0, 0.1) is 0 Å². The molecule has 5 rings (SSSR count). The van der Waals surface area contributed by atoms with E-state index in [1.54, 1.807) is 5.56 Å². The molecule has 0 bridgehead atoms. The number of aliphatic carboxylic acids is 1. The highest BCUT2D eigenvalue weighted by molar-refractivity contribution is 7.99. The van der Waals surface area contributed by atoms with Crippen LogP contribution in [0.1, 0.15) is 81.4 Å². The van der Waals surface area contributed by atoms with Crippen molar-refractivity contribution in [3.63, 3.8) is 0 Å². The summed E-state index contributed by atoms with van der Waals surface area (Å²) in [6.07, 6.45) is 10.5. The number of benzene rings is 3. The Morgan fingerprint density at radius 2 is 1.66 bits per heavy atom. The second-order valence-electron chi connectivity index (χ2n) is 10.5. The first kappa shape index (κ1) is 32.3. The first-order valence-corrected chi connectivity index (χ1v) is 16.2. The van der Waals surface area contributed by atoms with E-state index in [4.69, 9.17) is 9.84 Å². The number of carbonyl (C=O) groups is 1.